The highest BCUT2D eigenvalue weighted by Crippen LogP contribution is 2.47. The van der Waals surface area contributed by atoms with E-state index in [4.69, 9.17) is 11.6 Å². The fourth-order valence-electron chi connectivity index (χ4n) is 3.22. The van der Waals surface area contributed by atoms with E-state index in [1.165, 1.54) is 6.92 Å². The van der Waals surface area contributed by atoms with Crippen LogP contribution in [0.4, 0.5) is 13.2 Å². The molecule has 0 radical (unpaired) electrons. The van der Waals surface area contributed by atoms with Gasteiger partial charge < -0.3 is 5.32 Å². The Kier molecular flexibility index (Phi) is 6.33. The highest BCUT2D eigenvalue weighted by atomic mass is 79.9. The number of nitrogens with zero attached hydrogens (tertiary/aromatic N) is 4. The van der Waals surface area contributed by atoms with Crippen LogP contribution in [-0.4, -0.2) is 32.0 Å². The Balaban J connectivity index is 1.63. The van der Waals surface area contributed by atoms with Crippen LogP contribution in [0.3, 0.4) is 0 Å². The highest BCUT2D eigenvalue weighted by molar-refractivity contribution is 9.10. The lowest BCUT2D eigenvalue weighted by Gasteiger charge is -2.16. The Bertz CT molecular complexity index is 920. The number of aryl methyl sites for hydroxylation is 2. The normalized spacial score (nSPS) is 15.6. The summed E-state index contributed by atoms with van der Waals surface area (Å²) in [6.07, 6.45) is -2.53. The minimum absolute atomic E-state index is 0.0779. The molecule has 0 aromatic carbocycles. The van der Waals surface area contributed by atoms with Crippen molar-refractivity contribution in [3.05, 3.63) is 32.3 Å². The van der Waals surface area contributed by atoms with Gasteiger partial charge in [0.2, 0.25) is 5.91 Å². The average Bonchev–Trinajstić information content (AvgIpc) is 3.37. The molecule has 1 fully saturated rings. The lowest BCUT2D eigenvalue weighted by atomic mass is 10.2. The van der Waals surface area contributed by atoms with Crippen LogP contribution in [0.1, 0.15) is 60.9 Å². The number of alkyl halides is 3. The summed E-state index contributed by atoms with van der Waals surface area (Å²) in [5.41, 5.74) is 1.07. The molecule has 1 aliphatic rings. The summed E-state index contributed by atoms with van der Waals surface area (Å²) in [5, 5.41) is 10.4. The fraction of sp³-hybridized carbons (Fsp3) is 0.611. The molecular weight excluding hydrogens is 475 g/mol. The number of halogens is 5. The lowest BCUT2D eigenvalue weighted by molar-refractivity contribution is -0.141. The Morgan fingerprint density at radius 3 is 2.52 bits per heavy atom. The summed E-state index contributed by atoms with van der Waals surface area (Å²) in [5.74, 6) is -0.472. The van der Waals surface area contributed by atoms with Crippen molar-refractivity contribution in [2.24, 2.45) is 0 Å². The number of carbonyl (C=O) groups excluding carboxylic acids is 1. The fourth-order valence-corrected chi connectivity index (χ4v) is 3.89. The van der Waals surface area contributed by atoms with E-state index < -0.39 is 28.8 Å². The number of rotatable bonds is 7. The molecule has 2 aromatic rings. The number of carbonyl (C=O) groups is 1. The van der Waals surface area contributed by atoms with E-state index in [9.17, 15) is 18.0 Å². The third kappa shape index (κ3) is 4.63. The van der Waals surface area contributed by atoms with E-state index in [2.05, 4.69) is 31.4 Å². The largest absolute Gasteiger partial charge is 0.436 e. The van der Waals surface area contributed by atoms with Gasteiger partial charge in [0.15, 0.2) is 5.69 Å². The molecule has 0 spiro atoms. The first kappa shape index (κ1) is 22.1. The maximum atomic E-state index is 13.2. The van der Waals surface area contributed by atoms with Gasteiger partial charge >= 0.3 is 6.18 Å². The zero-order valence-electron chi connectivity index (χ0n) is 16.3. The standard InChI is InChI=1S/C18H22BrClF3N5O/c1-9-13(19)10(2)27(25-9)8-4-7-24-17(29)11(3)28-15(12-5-6-12)14(20)16(26-28)18(21,22)23/h11-12H,4-8H2,1-3H3,(H,24,29). The number of nitrogens with one attached hydrogen (secondary N) is 1. The van der Waals surface area contributed by atoms with Crippen LogP contribution < -0.4 is 5.32 Å². The van der Waals surface area contributed by atoms with E-state index in [0.717, 1.165) is 33.4 Å². The molecule has 0 saturated heterocycles. The van der Waals surface area contributed by atoms with Gasteiger partial charge in [-0.15, -0.1) is 0 Å². The molecule has 0 aliphatic heterocycles. The van der Waals surface area contributed by atoms with Gasteiger partial charge in [-0.3, -0.25) is 14.2 Å². The van der Waals surface area contributed by atoms with Crippen molar-refractivity contribution < 1.29 is 18.0 Å². The van der Waals surface area contributed by atoms with Crippen molar-refractivity contribution in [3.63, 3.8) is 0 Å². The van der Waals surface area contributed by atoms with E-state index in [0.29, 0.717) is 25.2 Å². The zero-order chi connectivity index (χ0) is 21.5. The summed E-state index contributed by atoms with van der Waals surface area (Å²) < 4.78 is 43.5. The van der Waals surface area contributed by atoms with Crippen molar-refractivity contribution in [1.82, 2.24) is 24.9 Å². The Morgan fingerprint density at radius 2 is 2.00 bits per heavy atom. The molecule has 6 nitrogen and oxygen atoms in total. The molecule has 1 unspecified atom stereocenters. The quantitative estimate of drug-likeness (QED) is 0.561. The van der Waals surface area contributed by atoms with Crippen molar-refractivity contribution in [1.29, 1.82) is 0 Å². The van der Waals surface area contributed by atoms with Crippen LogP contribution in [0.5, 0.6) is 0 Å². The van der Waals surface area contributed by atoms with Crippen LogP contribution in [-0.2, 0) is 17.5 Å². The lowest BCUT2D eigenvalue weighted by Crippen LogP contribution is -2.33. The Hall–Kier alpha value is -1.55. The number of amides is 1. The van der Waals surface area contributed by atoms with Crippen LogP contribution in [0.2, 0.25) is 5.02 Å². The highest BCUT2D eigenvalue weighted by Gasteiger charge is 2.43. The molecule has 11 heteroatoms. The Morgan fingerprint density at radius 1 is 1.34 bits per heavy atom. The van der Waals surface area contributed by atoms with Crippen LogP contribution in [0, 0.1) is 13.8 Å². The predicted octanol–water partition coefficient (Wildman–Crippen LogP) is 4.78. The van der Waals surface area contributed by atoms with Crippen molar-refractivity contribution >= 4 is 33.4 Å². The van der Waals surface area contributed by atoms with Gasteiger partial charge in [-0.05, 0) is 56.0 Å². The van der Waals surface area contributed by atoms with E-state index in [-0.39, 0.29) is 5.92 Å². The molecule has 2 aromatic heterocycles. The van der Waals surface area contributed by atoms with Crippen molar-refractivity contribution in [3.8, 4) is 0 Å². The van der Waals surface area contributed by atoms with Gasteiger partial charge in [0.1, 0.15) is 6.04 Å². The summed E-state index contributed by atoms with van der Waals surface area (Å²) >= 11 is 9.44. The van der Waals surface area contributed by atoms with Gasteiger partial charge in [-0.2, -0.15) is 23.4 Å². The third-order valence-corrected chi connectivity index (χ3v) is 6.53. The maximum Gasteiger partial charge on any atom is 0.436 e. The summed E-state index contributed by atoms with van der Waals surface area (Å²) in [4.78, 5) is 12.5. The van der Waals surface area contributed by atoms with Gasteiger partial charge in [0, 0.05) is 24.7 Å². The first-order valence-electron chi connectivity index (χ1n) is 9.34. The molecule has 2 heterocycles. The molecule has 160 valence electrons. The summed E-state index contributed by atoms with van der Waals surface area (Å²) in [6.45, 7) is 6.37. The molecule has 0 bridgehead atoms. The van der Waals surface area contributed by atoms with E-state index in [1.807, 2.05) is 18.5 Å². The first-order chi connectivity index (χ1) is 13.5. The summed E-state index contributed by atoms with van der Waals surface area (Å²) in [6, 6.07) is -0.887. The number of aromatic nitrogens is 4. The minimum Gasteiger partial charge on any atom is -0.354 e. The van der Waals surface area contributed by atoms with Crippen LogP contribution in [0.15, 0.2) is 4.47 Å². The van der Waals surface area contributed by atoms with E-state index in [1.54, 1.807) is 0 Å². The molecule has 1 aliphatic carbocycles. The molecule has 29 heavy (non-hydrogen) atoms. The number of hydrogen-bond acceptors (Lipinski definition) is 3. The van der Waals surface area contributed by atoms with Crippen LogP contribution in [0.25, 0.3) is 0 Å². The average molecular weight is 497 g/mol. The molecule has 1 amide bonds. The minimum atomic E-state index is -4.66. The monoisotopic (exact) mass is 495 g/mol. The second-order valence-corrected chi connectivity index (χ2v) is 8.46. The molecular formula is C18H22BrClF3N5O. The smallest absolute Gasteiger partial charge is 0.354 e. The maximum absolute atomic E-state index is 13.2. The SMILES string of the molecule is Cc1nn(CCCNC(=O)C(C)n2nc(C(F)(F)F)c(Cl)c2C2CC2)c(C)c1Br. The van der Waals surface area contributed by atoms with Gasteiger partial charge in [0.25, 0.3) is 0 Å². The van der Waals surface area contributed by atoms with Crippen molar-refractivity contribution in [2.45, 2.75) is 64.7 Å². The second kappa shape index (κ2) is 8.29. The van der Waals surface area contributed by atoms with Gasteiger partial charge in [-0.1, -0.05) is 11.6 Å². The summed E-state index contributed by atoms with van der Waals surface area (Å²) in [7, 11) is 0. The van der Waals surface area contributed by atoms with Crippen molar-refractivity contribution in [2.75, 3.05) is 6.54 Å². The molecule has 1 atom stereocenters. The second-order valence-electron chi connectivity index (χ2n) is 7.29. The molecule has 1 N–H and O–H groups in total. The topological polar surface area (TPSA) is 64.7 Å². The van der Waals surface area contributed by atoms with Gasteiger partial charge in [-0.25, -0.2) is 0 Å². The van der Waals surface area contributed by atoms with Crippen LogP contribution >= 0.6 is 27.5 Å². The number of hydrogen-bond donors (Lipinski definition) is 1. The molecule has 1 saturated carbocycles. The predicted molar refractivity (Wildman–Crippen MR) is 106 cm³/mol. The first-order valence-corrected chi connectivity index (χ1v) is 10.5. The molecule has 3 rings (SSSR count). The van der Waals surface area contributed by atoms with Gasteiger partial charge in [0.05, 0.1) is 20.9 Å². The van der Waals surface area contributed by atoms with E-state index >= 15 is 0 Å². The third-order valence-electron chi connectivity index (χ3n) is 5.01. The Labute approximate surface area is 179 Å². The zero-order valence-corrected chi connectivity index (χ0v) is 18.6.